The Hall–Kier alpha value is -4.40. The average molecular weight is 449 g/mol. The van der Waals surface area contributed by atoms with E-state index >= 15 is 0 Å². The number of nitrogens with one attached hydrogen (secondary N) is 1. The van der Waals surface area contributed by atoms with Crippen molar-refractivity contribution in [3.8, 4) is 17.2 Å². The lowest BCUT2D eigenvalue weighted by Gasteiger charge is -2.15. The summed E-state index contributed by atoms with van der Waals surface area (Å²) in [7, 11) is 2.94. The number of ether oxygens (including phenoxy) is 3. The van der Waals surface area contributed by atoms with Gasteiger partial charge >= 0.3 is 5.69 Å². The molecule has 1 aromatic heterocycles. The van der Waals surface area contributed by atoms with Crippen LogP contribution < -0.4 is 25.5 Å². The first kappa shape index (κ1) is 21.8. The molecule has 0 spiro atoms. The number of para-hydroxylation sites is 1. The van der Waals surface area contributed by atoms with Gasteiger partial charge < -0.3 is 19.2 Å². The molecule has 0 saturated heterocycles. The van der Waals surface area contributed by atoms with Gasteiger partial charge in [-0.2, -0.15) is 5.10 Å². The fourth-order valence-corrected chi connectivity index (χ4v) is 3.24. The highest BCUT2D eigenvalue weighted by atomic mass is 19.1. The van der Waals surface area contributed by atoms with Crippen molar-refractivity contribution in [3.05, 3.63) is 98.4 Å². The fourth-order valence-electron chi connectivity index (χ4n) is 3.24. The van der Waals surface area contributed by atoms with Gasteiger partial charge in [0.25, 0.3) is 5.56 Å². The number of fused-ring (bicyclic) bond motifs is 1. The number of hydrogen-bond acceptors (Lipinski definition) is 6. The van der Waals surface area contributed by atoms with Crippen molar-refractivity contribution in [2.75, 3.05) is 14.2 Å². The van der Waals surface area contributed by atoms with E-state index < -0.39 is 11.2 Å². The molecule has 0 aliphatic heterocycles. The molecule has 0 amide bonds. The summed E-state index contributed by atoms with van der Waals surface area (Å²) in [5.41, 5.74) is 0.514. The highest BCUT2D eigenvalue weighted by Gasteiger charge is 2.14. The normalized spacial score (nSPS) is 11.1. The summed E-state index contributed by atoms with van der Waals surface area (Å²) in [5, 5.41) is 4.40. The van der Waals surface area contributed by atoms with Gasteiger partial charge in [0.05, 0.1) is 31.3 Å². The van der Waals surface area contributed by atoms with Crippen molar-refractivity contribution in [1.82, 2.24) is 9.66 Å². The molecule has 0 saturated carbocycles. The van der Waals surface area contributed by atoms with Crippen LogP contribution in [-0.4, -0.2) is 30.1 Å². The Morgan fingerprint density at radius 3 is 2.33 bits per heavy atom. The largest absolute Gasteiger partial charge is 0.493 e. The second-order valence-corrected chi connectivity index (χ2v) is 7.01. The van der Waals surface area contributed by atoms with Gasteiger partial charge in [0, 0.05) is 5.56 Å². The molecule has 8 nitrogen and oxygen atoms in total. The molecule has 168 valence electrons. The molecule has 0 aliphatic carbocycles. The van der Waals surface area contributed by atoms with Crippen LogP contribution in [0.1, 0.15) is 11.1 Å². The number of methoxy groups -OCH3 is 2. The summed E-state index contributed by atoms with van der Waals surface area (Å²) < 4.78 is 30.6. The van der Waals surface area contributed by atoms with Crippen LogP contribution in [0.4, 0.5) is 4.39 Å². The lowest BCUT2D eigenvalue weighted by molar-refractivity contribution is 0.266. The van der Waals surface area contributed by atoms with Gasteiger partial charge in [0.1, 0.15) is 12.4 Å². The summed E-state index contributed by atoms with van der Waals surface area (Å²) in [6, 6.07) is 15.9. The van der Waals surface area contributed by atoms with Gasteiger partial charge in [-0.25, -0.2) is 9.18 Å². The summed E-state index contributed by atoms with van der Waals surface area (Å²) >= 11 is 0. The molecule has 4 aromatic rings. The first-order valence-electron chi connectivity index (χ1n) is 9.92. The number of aromatic nitrogens is 2. The van der Waals surface area contributed by atoms with Crippen LogP contribution in [0.3, 0.4) is 0 Å². The van der Waals surface area contributed by atoms with E-state index in [1.807, 2.05) is 0 Å². The second-order valence-electron chi connectivity index (χ2n) is 7.01. The van der Waals surface area contributed by atoms with Crippen molar-refractivity contribution in [3.63, 3.8) is 0 Å². The van der Waals surface area contributed by atoms with Gasteiger partial charge in [0.15, 0.2) is 11.5 Å². The van der Waals surface area contributed by atoms with Crippen LogP contribution in [0.5, 0.6) is 17.2 Å². The molecule has 0 radical (unpaired) electrons. The van der Waals surface area contributed by atoms with Gasteiger partial charge in [-0.3, -0.25) is 4.79 Å². The Balaban J connectivity index is 1.66. The Morgan fingerprint density at radius 1 is 1.00 bits per heavy atom. The number of nitrogens with zero attached hydrogens (tertiary/aromatic N) is 2. The standard InChI is InChI=1S/C24H20FN3O5/c1-31-20-11-16(12-21(32-2)22(20)33-14-15-7-9-17(25)10-8-15)13-26-28-23(29)18-5-3-4-6-19(18)27-24(28)30/h3-13H,14H2,1-2H3,(H,27,30). The van der Waals surface area contributed by atoms with Crippen LogP contribution in [-0.2, 0) is 6.61 Å². The SMILES string of the molecule is COc1cc(C=Nn2c(=O)[nH]c3ccccc3c2=O)cc(OC)c1OCc1ccc(F)cc1. The smallest absolute Gasteiger partial charge is 0.349 e. The highest BCUT2D eigenvalue weighted by Crippen LogP contribution is 2.38. The first-order valence-corrected chi connectivity index (χ1v) is 9.92. The molecule has 4 rings (SSSR count). The molecule has 1 N–H and O–H groups in total. The number of H-pyrrole nitrogens is 1. The molecule has 1 heterocycles. The first-order chi connectivity index (χ1) is 16.0. The zero-order chi connectivity index (χ0) is 23.4. The molecule has 0 bridgehead atoms. The number of hydrogen-bond donors (Lipinski definition) is 1. The number of benzene rings is 3. The summed E-state index contributed by atoms with van der Waals surface area (Å²) in [4.78, 5) is 27.6. The van der Waals surface area contributed by atoms with E-state index in [1.165, 1.54) is 32.6 Å². The molecule has 3 aromatic carbocycles. The van der Waals surface area contributed by atoms with Crippen LogP contribution in [0.15, 0.2) is 75.4 Å². The van der Waals surface area contributed by atoms with E-state index in [9.17, 15) is 14.0 Å². The molecule has 0 unspecified atom stereocenters. The van der Waals surface area contributed by atoms with E-state index in [1.54, 1.807) is 48.5 Å². The Kier molecular flexibility index (Phi) is 6.21. The van der Waals surface area contributed by atoms with Gasteiger partial charge in [-0.1, -0.05) is 24.3 Å². The summed E-state index contributed by atoms with van der Waals surface area (Å²) in [6.45, 7) is 0.169. The lowest BCUT2D eigenvalue weighted by Crippen LogP contribution is -2.32. The van der Waals surface area contributed by atoms with Crippen molar-refractivity contribution in [2.45, 2.75) is 6.61 Å². The van der Waals surface area contributed by atoms with Gasteiger partial charge in [-0.15, -0.1) is 4.68 Å². The number of halogens is 1. The maximum atomic E-state index is 13.1. The molecule has 0 fully saturated rings. The summed E-state index contributed by atoms with van der Waals surface area (Å²) in [5.74, 6) is 0.736. The van der Waals surface area contributed by atoms with E-state index in [-0.39, 0.29) is 12.4 Å². The third-order valence-corrected chi connectivity index (χ3v) is 4.89. The molecular formula is C24H20FN3O5. The van der Waals surface area contributed by atoms with Crippen LogP contribution in [0.25, 0.3) is 10.9 Å². The maximum absolute atomic E-state index is 13.1. The monoisotopic (exact) mass is 449 g/mol. The Morgan fingerprint density at radius 2 is 1.67 bits per heavy atom. The minimum Gasteiger partial charge on any atom is -0.493 e. The van der Waals surface area contributed by atoms with Crippen LogP contribution in [0, 0.1) is 5.82 Å². The average Bonchev–Trinajstić information content (AvgIpc) is 2.83. The van der Waals surface area contributed by atoms with Crippen molar-refractivity contribution < 1.29 is 18.6 Å². The third-order valence-electron chi connectivity index (χ3n) is 4.89. The predicted octanol–water partition coefficient (Wildman–Crippen LogP) is 3.31. The molecule has 9 heteroatoms. The summed E-state index contributed by atoms with van der Waals surface area (Å²) in [6.07, 6.45) is 1.35. The number of aromatic amines is 1. The van der Waals surface area contributed by atoms with Crippen LogP contribution >= 0.6 is 0 Å². The Labute approximate surface area is 187 Å². The molecular weight excluding hydrogens is 429 g/mol. The predicted molar refractivity (Wildman–Crippen MR) is 122 cm³/mol. The van der Waals surface area contributed by atoms with E-state index in [4.69, 9.17) is 14.2 Å². The lowest BCUT2D eigenvalue weighted by atomic mass is 10.2. The highest BCUT2D eigenvalue weighted by molar-refractivity contribution is 5.82. The maximum Gasteiger partial charge on any atom is 0.349 e. The molecule has 33 heavy (non-hydrogen) atoms. The molecule has 0 atom stereocenters. The van der Waals surface area contributed by atoms with E-state index in [0.717, 1.165) is 10.2 Å². The van der Waals surface area contributed by atoms with E-state index in [2.05, 4.69) is 10.1 Å². The quantitative estimate of drug-likeness (QED) is 0.437. The van der Waals surface area contributed by atoms with Gasteiger partial charge in [0.2, 0.25) is 5.75 Å². The van der Waals surface area contributed by atoms with Crippen LogP contribution in [0.2, 0.25) is 0 Å². The van der Waals surface area contributed by atoms with Crippen molar-refractivity contribution in [1.29, 1.82) is 0 Å². The Bertz CT molecular complexity index is 1420. The second kappa shape index (κ2) is 9.39. The number of rotatable bonds is 7. The minimum absolute atomic E-state index is 0.169. The van der Waals surface area contributed by atoms with Crippen molar-refractivity contribution in [2.24, 2.45) is 5.10 Å². The minimum atomic E-state index is -0.659. The third kappa shape index (κ3) is 4.62. The fraction of sp³-hybridized carbons (Fsp3) is 0.125. The van der Waals surface area contributed by atoms with Gasteiger partial charge in [-0.05, 0) is 42.0 Å². The topological polar surface area (TPSA) is 94.9 Å². The molecule has 0 aliphatic rings. The van der Waals surface area contributed by atoms with E-state index in [0.29, 0.717) is 33.7 Å². The zero-order valence-corrected chi connectivity index (χ0v) is 17.9. The van der Waals surface area contributed by atoms with Crippen molar-refractivity contribution >= 4 is 17.1 Å². The zero-order valence-electron chi connectivity index (χ0n) is 17.9.